The van der Waals surface area contributed by atoms with Gasteiger partial charge in [-0.25, -0.2) is 39.4 Å². The number of rotatable bonds is 27. The number of nitrogens with one attached hydrogen (secondary N) is 2. The molecule has 1 aliphatic carbocycles. The van der Waals surface area contributed by atoms with Crippen LogP contribution in [0.15, 0.2) is 100 Å². The Balaban J connectivity index is 0.601. The van der Waals surface area contributed by atoms with E-state index in [1.165, 1.54) is 30.7 Å². The molecule has 3 saturated heterocycles. The van der Waals surface area contributed by atoms with E-state index >= 15 is 0 Å². The second-order valence-electron chi connectivity index (χ2n) is 35.2. The summed E-state index contributed by atoms with van der Waals surface area (Å²) < 4.78 is 49.0. The zero-order valence-corrected chi connectivity index (χ0v) is 75.9. The molecule has 6 aromatic rings. The van der Waals surface area contributed by atoms with E-state index in [-0.39, 0.29) is 125 Å². The summed E-state index contributed by atoms with van der Waals surface area (Å²) in [4.78, 5) is 128. The zero-order valence-electron chi connectivity index (χ0n) is 75.9. The third-order valence-electron chi connectivity index (χ3n) is 25.8. The molecule has 12 rings (SSSR count). The van der Waals surface area contributed by atoms with E-state index in [4.69, 9.17) is 68.9 Å². The molecule has 37 heteroatoms. The zero-order chi connectivity index (χ0) is 92.0. The van der Waals surface area contributed by atoms with Crippen LogP contribution in [0.25, 0.3) is 33.4 Å². The van der Waals surface area contributed by atoms with Crippen LogP contribution < -0.4 is 31.9 Å². The fourth-order valence-electron chi connectivity index (χ4n) is 18.1. The summed E-state index contributed by atoms with van der Waals surface area (Å²) in [7, 11) is 4.62. The van der Waals surface area contributed by atoms with E-state index in [0.717, 1.165) is 22.4 Å². The van der Waals surface area contributed by atoms with E-state index in [2.05, 4.69) is 52.5 Å². The fourth-order valence-corrected chi connectivity index (χ4v) is 18.1. The molecule has 16 atom stereocenters. The summed E-state index contributed by atoms with van der Waals surface area (Å²) in [6.45, 7) is 17.9. The van der Waals surface area contributed by atoms with Crippen molar-refractivity contribution in [1.29, 1.82) is 0 Å². The highest BCUT2D eigenvalue weighted by atomic mass is 16.6. The molecule has 5 aromatic heterocycles. The number of carbonyl (C=O) groups excluding carboxylic acids is 6. The summed E-state index contributed by atoms with van der Waals surface area (Å²) in [5.74, 6) is -6.89. The number of piperidine rings is 1. The molecule has 4 amide bonds. The van der Waals surface area contributed by atoms with Gasteiger partial charge >= 0.3 is 5.97 Å². The number of aromatic nitrogens is 9. The lowest BCUT2D eigenvalue weighted by atomic mass is 9.78. The Bertz CT molecular complexity index is 4940. The number of nitrogens with two attached hydrogens (primary N) is 2. The number of unbranched alkanes of at least 4 members (excludes halogenated alkanes) is 1. The minimum atomic E-state index is -2.47. The number of benzene rings is 1. The van der Waals surface area contributed by atoms with E-state index < -0.39 is 90.7 Å². The lowest BCUT2D eigenvalue weighted by molar-refractivity contribution is -0.265. The average molecular weight is 1790 g/mol. The predicted octanol–water partition coefficient (Wildman–Crippen LogP) is 7.13. The number of esters is 1. The monoisotopic (exact) mass is 1790 g/mol. The minimum Gasteiger partial charge on any atom is -0.460 e. The van der Waals surface area contributed by atoms with Gasteiger partial charge in [0.15, 0.2) is 17.8 Å². The molecule has 1 aromatic carbocycles. The molecule has 37 nitrogen and oxygen atoms in total. The predicted molar refractivity (Wildman–Crippen MR) is 480 cm³/mol. The van der Waals surface area contributed by atoms with Crippen LogP contribution in [0.1, 0.15) is 166 Å². The molecular formula is C92H130N18O19. The van der Waals surface area contributed by atoms with Crippen molar-refractivity contribution in [2.45, 2.75) is 225 Å². The lowest BCUT2D eigenvalue weighted by Gasteiger charge is -2.43. The first-order chi connectivity index (χ1) is 62.1. The number of piperazine rings is 1. The number of oxazole rings is 1. The molecule has 10 N–H and O–H groups in total. The van der Waals surface area contributed by atoms with Crippen molar-refractivity contribution < 1.29 is 91.6 Å². The van der Waals surface area contributed by atoms with Gasteiger partial charge in [0.1, 0.15) is 47.7 Å². The second-order valence-corrected chi connectivity index (χ2v) is 35.2. The number of Topliss-reactive ketones (excluding diaryl/α,β-unsaturated/α-hetero) is 1. The van der Waals surface area contributed by atoms with Crippen LogP contribution in [0.2, 0.25) is 0 Å². The SMILES string of the molecule is CO[C@H]1C[C@@H]2CC[C@@H](C)[C@@](O)(O2)C(=O)C(=O)N2CCCC[C@H]2C(=O)O[C@H]([C@H](C)C[C@@H]2CC[C@@H](O)[C@H](OC)C2)C[C@@H](O)[C@H](C)/C=C(\C)[C@@H](O)[C@@H](OC)/C(=N/OCC(=O)N2CCc3nc(N4CCN(c5ncc(C(=O)NCCOCCOCCC(=O)NCCCCn6nc(-c7ccc8oc(N)nc8c7)c7c(N)ncnc76)cn5)CC4)ncc3C2)[C@H](C)C[C@H](C)/C=C/C=CC=C1C. The van der Waals surface area contributed by atoms with Crippen molar-refractivity contribution in [2.75, 3.05) is 128 Å². The minimum absolute atomic E-state index is 0.0374. The summed E-state index contributed by atoms with van der Waals surface area (Å²) in [5.41, 5.74) is 18.8. The Hall–Kier alpha value is -10.4. The van der Waals surface area contributed by atoms with E-state index in [9.17, 15) is 49.2 Å². The van der Waals surface area contributed by atoms with Gasteiger partial charge in [-0.15, -0.1) is 0 Å². The number of allylic oxidation sites excluding steroid dienone is 5. The molecule has 4 fully saturated rings. The molecule has 0 radical (unpaired) electrons. The van der Waals surface area contributed by atoms with Crippen molar-refractivity contribution in [3.63, 3.8) is 0 Å². The number of amides is 4. The highest BCUT2D eigenvalue weighted by Crippen LogP contribution is 2.40. The number of nitrogen functional groups attached to an aromatic ring is 2. The number of aryl methyl sites for hydroxylation is 1. The van der Waals surface area contributed by atoms with Crippen molar-refractivity contribution >= 4 is 87.0 Å². The number of oxime groups is 1. The molecule has 2 bridgehead atoms. The maximum Gasteiger partial charge on any atom is 0.329 e. The molecule has 10 heterocycles. The Morgan fingerprint density at radius 1 is 0.760 bits per heavy atom. The first-order valence-corrected chi connectivity index (χ1v) is 45.4. The quantitative estimate of drug-likeness (QED) is 0.00835. The van der Waals surface area contributed by atoms with E-state index in [1.54, 1.807) is 62.9 Å². The van der Waals surface area contributed by atoms with Crippen LogP contribution in [-0.2, 0) is 81.5 Å². The number of methoxy groups -OCH3 is 3. The smallest absolute Gasteiger partial charge is 0.329 e. The van der Waals surface area contributed by atoms with Gasteiger partial charge in [-0.2, -0.15) is 10.1 Å². The molecule has 0 unspecified atom stereocenters. The maximum absolute atomic E-state index is 14.8. The largest absolute Gasteiger partial charge is 0.460 e. The van der Waals surface area contributed by atoms with Crippen LogP contribution in [0, 0.1) is 35.5 Å². The number of aliphatic hydroxyl groups excluding tert-OH is 3. The summed E-state index contributed by atoms with van der Waals surface area (Å²) in [5, 5.41) is 63.5. The van der Waals surface area contributed by atoms with Crippen LogP contribution >= 0.6 is 0 Å². The first kappa shape index (κ1) is 97.7. The molecule has 702 valence electrons. The molecule has 1 saturated carbocycles. The Kier molecular flexibility index (Phi) is 35.2. The number of ketones is 1. The standard InChI is InChI=1S/C92H130N18O19/c1-55-18-12-11-13-19-56(2)73(121-8)47-66-24-21-61(7)92(120,129-66)83(116)87(118)109-31-16-14-20-69(109)88(119)127-74(58(4)44-62-22-25-70(111)75(45-62)122-9)48-71(112)57(3)43-60(6)81(115)82(123-10)79(59(5)42-55)105-126-53-77(114)108-33-27-67-65(52-108)51-99-91(103-67)107-36-34-106(35-37-107)90-97-49-64(50-98-90)86(117)96-30-39-125-41-40-124-38-28-76(113)95-29-15-17-32-110-85-78(84(93)100-54-101-85)80(104-110)63-23-26-72-68(46-63)102-89(94)128-72/h11-13,18-19,23,26,43,46,49-51,54-55,57-59,61-62,66,69-71,73-75,81-82,111-112,115,120H,14-17,20-22,24-25,27-42,44-45,47-48,52-53H2,1-10H3,(H2,94,102)(H,95,113)(H,96,117)(H2,93,100,101)/b13-11?,18-12+,56-19?,60-43+,105-79+/t55-,57-,58-,59-,61-,62+,66+,69+,70-,71-,73+,74+,75-,81-,82+,92-/m1/s1. The van der Waals surface area contributed by atoms with Gasteiger partial charge in [0.05, 0.1) is 79.3 Å². The third-order valence-corrected chi connectivity index (χ3v) is 25.8. The third kappa shape index (κ3) is 25.5. The lowest BCUT2D eigenvalue weighted by Crippen LogP contribution is -2.61. The molecular weight excluding hydrogens is 1660 g/mol. The fraction of sp³-hybridized carbons (Fsp3) is 0.620. The molecule has 129 heavy (non-hydrogen) atoms. The van der Waals surface area contributed by atoms with Crippen molar-refractivity contribution in [3.05, 3.63) is 108 Å². The van der Waals surface area contributed by atoms with Crippen LogP contribution in [0.4, 0.5) is 23.7 Å². The average Bonchev–Trinajstić information content (AvgIpc) is 1.75. The Morgan fingerprint density at radius 3 is 2.28 bits per heavy atom. The number of aliphatic hydroxyl groups is 4. The summed E-state index contributed by atoms with van der Waals surface area (Å²) >= 11 is 0. The van der Waals surface area contributed by atoms with Gasteiger partial charge < -0.3 is 105 Å². The van der Waals surface area contributed by atoms with E-state index in [1.807, 2.05) is 68.2 Å². The number of fused-ring (bicyclic) bond motifs is 6. The normalized spacial score (nSPS) is 27.6. The Morgan fingerprint density at radius 2 is 1.52 bits per heavy atom. The number of hydrogen-bond donors (Lipinski definition) is 8. The maximum atomic E-state index is 14.8. The van der Waals surface area contributed by atoms with Gasteiger partial charge in [0.2, 0.25) is 23.6 Å². The first-order valence-electron chi connectivity index (χ1n) is 45.4. The van der Waals surface area contributed by atoms with Crippen LogP contribution in [0.3, 0.4) is 0 Å². The van der Waals surface area contributed by atoms with Gasteiger partial charge in [0, 0.05) is 160 Å². The number of cyclic esters (lactones) is 1. The van der Waals surface area contributed by atoms with Gasteiger partial charge in [-0.1, -0.05) is 76.2 Å². The van der Waals surface area contributed by atoms with Gasteiger partial charge in [0.25, 0.3) is 29.5 Å². The second kappa shape index (κ2) is 46.4. The van der Waals surface area contributed by atoms with E-state index in [0.29, 0.717) is 185 Å². The van der Waals surface area contributed by atoms with Crippen LogP contribution in [0.5, 0.6) is 0 Å². The highest BCUT2D eigenvalue weighted by Gasteiger charge is 2.53. The molecule has 6 aliphatic rings. The number of hydrogen-bond acceptors (Lipinski definition) is 32. The van der Waals surface area contributed by atoms with Crippen molar-refractivity contribution in [2.24, 2.45) is 40.7 Å². The number of anilines is 4. The number of ether oxygens (including phenoxy) is 7. The topological polar surface area (TPSA) is 480 Å². The number of nitrogens with zero attached hydrogens (tertiary/aromatic N) is 14. The summed E-state index contributed by atoms with van der Waals surface area (Å²) in [6, 6.07) is 4.37. The highest BCUT2D eigenvalue weighted by molar-refractivity contribution is 6.39. The van der Waals surface area contributed by atoms with Crippen molar-refractivity contribution in [1.82, 2.24) is 65.1 Å². The summed E-state index contributed by atoms with van der Waals surface area (Å²) in [6.07, 6.45) is 18.4. The van der Waals surface area contributed by atoms with Crippen molar-refractivity contribution in [3.8, 4) is 11.3 Å². The van der Waals surface area contributed by atoms with Gasteiger partial charge in [-0.05, 0) is 138 Å². The van der Waals surface area contributed by atoms with Crippen LogP contribution in [-0.4, -0.2) is 283 Å². The molecule has 0 spiro atoms. The number of carbonyl (C=O) groups is 6. The molecule has 5 aliphatic heterocycles. The Labute approximate surface area is 752 Å². The van der Waals surface area contributed by atoms with Gasteiger partial charge in [-0.3, -0.25) is 24.0 Å².